The molecule has 0 spiro atoms. The van der Waals surface area contributed by atoms with E-state index in [0.29, 0.717) is 31.3 Å². The summed E-state index contributed by atoms with van der Waals surface area (Å²) in [6.45, 7) is 7.26. The standard InChI is InChI=1S/C14H23NO3/c1-5-17-12-8-7-11(9-13(12)18-6-2)14(3,16)10-15-4/h7-9,15-16H,5-6,10H2,1-4H3. The molecule has 1 aromatic rings. The van der Waals surface area contributed by atoms with Crippen LogP contribution in [0.1, 0.15) is 26.3 Å². The summed E-state index contributed by atoms with van der Waals surface area (Å²) in [5.74, 6) is 1.39. The Bertz CT molecular complexity index is 377. The summed E-state index contributed by atoms with van der Waals surface area (Å²) in [6, 6.07) is 5.55. The van der Waals surface area contributed by atoms with E-state index in [1.165, 1.54) is 0 Å². The molecule has 0 fully saturated rings. The summed E-state index contributed by atoms with van der Waals surface area (Å²) in [5, 5.41) is 13.3. The minimum Gasteiger partial charge on any atom is -0.490 e. The zero-order valence-corrected chi connectivity index (χ0v) is 11.6. The van der Waals surface area contributed by atoms with E-state index >= 15 is 0 Å². The number of rotatable bonds is 7. The molecule has 18 heavy (non-hydrogen) atoms. The van der Waals surface area contributed by atoms with Crippen LogP contribution in [-0.2, 0) is 5.60 Å². The van der Waals surface area contributed by atoms with Crippen molar-refractivity contribution in [3.05, 3.63) is 23.8 Å². The molecule has 0 amide bonds. The molecular formula is C14H23NO3. The first-order valence-electron chi connectivity index (χ1n) is 6.32. The van der Waals surface area contributed by atoms with Crippen molar-refractivity contribution < 1.29 is 14.6 Å². The number of benzene rings is 1. The first kappa shape index (κ1) is 14.8. The largest absolute Gasteiger partial charge is 0.490 e. The normalized spacial score (nSPS) is 14.1. The van der Waals surface area contributed by atoms with Crippen molar-refractivity contribution in [2.24, 2.45) is 0 Å². The average Bonchev–Trinajstić information content (AvgIpc) is 2.31. The zero-order valence-electron chi connectivity index (χ0n) is 11.6. The van der Waals surface area contributed by atoms with Crippen LogP contribution in [0, 0.1) is 0 Å². The molecule has 1 aromatic carbocycles. The van der Waals surface area contributed by atoms with Gasteiger partial charge in [0, 0.05) is 6.54 Å². The predicted molar refractivity (Wildman–Crippen MR) is 72.3 cm³/mol. The predicted octanol–water partition coefficient (Wildman–Crippen LogP) is 1.91. The van der Waals surface area contributed by atoms with E-state index in [1.54, 1.807) is 6.92 Å². The van der Waals surface area contributed by atoms with E-state index in [9.17, 15) is 5.11 Å². The van der Waals surface area contributed by atoms with Crippen LogP contribution in [0.15, 0.2) is 18.2 Å². The van der Waals surface area contributed by atoms with E-state index in [1.807, 2.05) is 39.1 Å². The quantitative estimate of drug-likeness (QED) is 0.779. The first-order chi connectivity index (χ1) is 8.55. The summed E-state index contributed by atoms with van der Waals surface area (Å²) >= 11 is 0. The van der Waals surface area contributed by atoms with Crippen molar-refractivity contribution in [1.29, 1.82) is 0 Å². The molecule has 4 nitrogen and oxygen atoms in total. The molecule has 1 atom stereocenters. The fourth-order valence-electron chi connectivity index (χ4n) is 1.83. The summed E-state index contributed by atoms with van der Waals surface area (Å²) in [6.07, 6.45) is 0. The summed E-state index contributed by atoms with van der Waals surface area (Å²) < 4.78 is 11.0. The lowest BCUT2D eigenvalue weighted by Crippen LogP contribution is -2.33. The second-order valence-electron chi connectivity index (χ2n) is 4.33. The Morgan fingerprint density at radius 3 is 2.33 bits per heavy atom. The maximum Gasteiger partial charge on any atom is 0.161 e. The highest BCUT2D eigenvalue weighted by Gasteiger charge is 2.23. The average molecular weight is 253 g/mol. The van der Waals surface area contributed by atoms with Gasteiger partial charge in [-0.3, -0.25) is 0 Å². The van der Waals surface area contributed by atoms with E-state index < -0.39 is 5.60 Å². The third-order valence-corrected chi connectivity index (χ3v) is 2.69. The minimum atomic E-state index is -0.925. The Morgan fingerprint density at radius 2 is 1.78 bits per heavy atom. The van der Waals surface area contributed by atoms with Gasteiger partial charge in [0.25, 0.3) is 0 Å². The molecule has 0 aliphatic heterocycles. The van der Waals surface area contributed by atoms with Gasteiger partial charge < -0.3 is 19.9 Å². The van der Waals surface area contributed by atoms with Crippen molar-refractivity contribution in [3.63, 3.8) is 0 Å². The van der Waals surface area contributed by atoms with Crippen molar-refractivity contribution in [2.45, 2.75) is 26.4 Å². The molecule has 2 N–H and O–H groups in total. The van der Waals surface area contributed by atoms with Crippen LogP contribution in [0.4, 0.5) is 0 Å². The zero-order chi connectivity index (χ0) is 13.6. The number of likely N-dealkylation sites (N-methyl/N-ethyl adjacent to an activating group) is 1. The smallest absolute Gasteiger partial charge is 0.161 e. The van der Waals surface area contributed by atoms with Crippen molar-refractivity contribution >= 4 is 0 Å². The van der Waals surface area contributed by atoms with Crippen molar-refractivity contribution in [1.82, 2.24) is 5.32 Å². The third kappa shape index (κ3) is 3.62. The van der Waals surface area contributed by atoms with Gasteiger partial charge in [-0.1, -0.05) is 6.07 Å². The number of hydrogen-bond acceptors (Lipinski definition) is 4. The Kier molecular flexibility index (Phi) is 5.44. The van der Waals surface area contributed by atoms with Crippen LogP contribution in [0.25, 0.3) is 0 Å². The van der Waals surface area contributed by atoms with E-state index in [4.69, 9.17) is 9.47 Å². The lowest BCUT2D eigenvalue weighted by molar-refractivity contribution is 0.0588. The number of hydrogen-bond donors (Lipinski definition) is 2. The maximum atomic E-state index is 10.3. The topological polar surface area (TPSA) is 50.7 Å². The molecule has 0 saturated heterocycles. The van der Waals surface area contributed by atoms with Gasteiger partial charge in [-0.05, 0) is 45.5 Å². The Hall–Kier alpha value is -1.26. The molecule has 0 radical (unpaired) electrons. The Labute approximate surface area is 109 Å². The van der Waals surface area contributed by atoms with Crippen LogP contribution >= 0.6 is 0 Å². The fraction of sp³-hybridized carbons (Fsp3) is 0.571. The Morgan fingerprint density at radius 1 is 1.17 bits per heavy atom. The minimum absolute atomic E-state index is 0.479. The third-order valence-electron chi connectivity index (χ3n) is 2.69. The molecule has 0 aliphatic carbocycles. The van der Waals surface area contributed by atoms with E-state index in [-0.39, 0.29) is 0 Å². The molecule has 1 unspecified atom stereocenters. The monoisotopic (exact) mass is 253 g/mol. The first-order valence-corrected chi connectivity index (χ1v) is 6.32. The van der Waals surface area contributed by atoms with Gasteiger partial charge in [0.15, 0.2) is 11.5 Å². The van der Waals surface area contributed by atoms with Crippen LogP contribution in [0.2, 0.25) is 0 Å². The molecular weight excluding hydrogens is 230 g/mol. The van der Waals surface area contributed by atoms with Crippen LogP contribution < -0.4 is 14.8 Å². The highest BCUT2D eigenvalue weighted by atomic mass is 16.5. The van der Waals surface area contributed by atoms with Crippen LogP contribution in [0.5, 0.6) is 11.5 Å². The lowest BCUT2D eigenvalue weighted by atomic mass is 9.95. The summed E-state index contributed by atoms with van der Waals surface area (Å²) in [4.78, 5) is 0. The molecule has 0 saturated carbocycles. The van der Waals surface area contributed by atoms with E-state index in [2.05, 4.69) is 5.32 Å². The van der Waals surface area contributed by atoms with Gasteiger partial charge in [-0.25, -0.2) is 0 Å². The van der Waals surface area contributed by atoms with Gasteiger partial charge >= 0.3 is 0 Å². The molecule has 1 rings (SSSR count). The van der Waals surface area contributed by atoms with Crippen molar-refractivity contribution in [3.8, 4) is 11.5 Å². The lowest BCUT2D eigenvalue weighted by Gasteiger charge is -2.24. The number of ether oxygens (including phenoxy) is 2. The fourth-order valence-corrected chi connectivity index (χ4v) is 1.83. The van der Waals surface area contributed by atoms with E-state index in [0.717, 1.165) is 5.56 Å². The molecule has 0 bridgehead atoms. The number of nitrogens with one attached hydrogen (secondary N) is 1. The number of aliphatic hydroxyl groups is 1. The second-order valence-corrected chi connectivity index (χ2v) is 4.33. The van der Waals surface area contributed by atoms with Crippen molar-refractivity contribution in [2.75, 3.05) is 26.8 Å². The highest BCUT2D eigenvalue weighted by Crippen LogP contribution is 2.32. The molecule has 0 aliphatic rings. The summed E-state index contributed by atoms with van der Waals surface area (Å²) in [5.41, 5.74) is -0.116. The van der Waals surface area contributed by atoms with Gasteiger partial charge in [0.1, 0.15) is 0 Å². The molecule has 0 aromatic heterocycles. The van der Waals surface area contributed by atoms with Crippen LogP contribution in [-0.4, -0.2) is 31.9 Å². The van der Waals surface area contributed by atoms with Gasteiger partial charge in [-0.2, -0.15) is 0 Å². The van der Waals surface area contributed by atoms with Gasteiger partial charge in [0.05, 0.1) is 18.8 Å². The molecule has 0 heterocycles. The second kappa shape index (κ2) is 6.61. The van der Waals surface area contributed by atoms with Crippen LogP contribution in [0.3, 0.4) is 0 Å². The van der Waals surface area contributed by atoms with Gasteiger partial charge in [-0.15, -0.1) is 0 Å². The highest BCUT2D eigenvalue weighted by molar-refractivity contribution is 5.44. The maximum absolute atomic E-state index is 10.3. The molecule has 4 heteroatoms. The molecule has 102 valence electrons. The SMILES string of the molecule is CCOc1ccc(C(C)(O)CNC)cc1OCC. The Balaban J connectivity index is 3.05. The van der Waals surface area contributed by atoms with Gasteiger partial charge in [0.2, 0.25) is 0 Å². The summed E-state index contributed by atoms with van der Waals surface area (Å²) in [7, 11) is 1.81.